The van der Waals surface area contributed by atoms with Gasteiger partial charge >= 0.3 is 6.18 Å². The molecule has 3 aromatic rings. The number of alkyl halides is 3. The van der Waals surface area contributed by atoms with Crippen LogP contribution in [0, 0.1) is 0 Å². The summed E-state index contributed by atoms with van der Waals surface area (Å²) in [5.74, 6) is -0.663. The summed E-state index contributed by atoms with van der Waals surface area (Å²) in [7, 11) is 0. The number of nitrogens with zero attached hydrogens (tertiary/aromatic N) is 3. The van der Waals surface area contributed by atoms with Gasteiger partial charge in [-0.05, 0) is 11.6 Å². The van der Waals surface area contributed by atoms with E-state index in [1.165, 1.54) is 18.3 Å². The van der Waals surface area contributed by atoms with E-state index in [0.29, 0.717) is 12.2 Å². The molecule has 0 bridgehead atoms. The molecule has 1 amide bonds. The Bertz CT molecular complexity index is 893. The van der Waals surface area contributed by atoms with Crippen LogP contribution in [0.3, 0.4) is 0 Å². The first-order chi connectivity index (χ1) is 12.9. The fourth-order valence-electron chi connectivity index (χ4n) is 2.24. The molecule has 0 saturated carbocycles. The Balaban J connectivity index is 1.57. The molecule has 6 nitrogen and oxygen atoms in total. The molecule has 27 heavy (non-hydrogen) atoms. The maximum atomic E-state index is 12.2. The molecule has 1 aromatic carbocycles. The predicted molar refractivity (Wildman–Crippen MR) is 91.5 cm³/mol. The molecule has 0 aliphatic rings. The minimum Gasteiger partial charge on any atom is -0.468 e. The Kier molecular flexibility index (Phi) is 5.39. The van der Waals surface area contributed by atoms with Crippen molar-refractivity contribution in [2.24, 2.45) is 0 Å². The molecular weight excluding hydrogens is 361 g/mol. The van der Waals surface area contributed by atoms with Crippen molar-refractivity contribution in [2.45, 2.75) is 12.7 Å². The molecule has 0 spiro atoms. The SMILES string of the molecule is O=C(Nc1cnn(Cc2ccccc2)c1)c1ccc(OCC(F)(F)F)nc1. The lowest BCUT2D eigenvalue weighted by molar-refractivity contribution is -0.154. The number of anilines is 1. The normalized spacial score (nSPS) is 11.2. The molecule has 140 valence electrons. The Morgan fingerprint density at radius 3 is 2.56 bits per heavy atom. The molecule has 3 rings (SSSR count). The number of nitrogens with one attached hydrogen (secondary N) is 1. The first-order valence-electron chi connectivity index (χ1n) is 7.92. The van der Waals surface area contributed by atoms with E-state index < -0.39 is 18.7 Å². The smallest absolute Gasteiger partial charge is 0.422 e. The Morgan fingerprint density at radius 2 is 1.89 bits per heavy atom. The van der Waals surface area contributed by atoms with E-state index in [9.17, 15) is 18.0 Å². The largest absolute Gasteiger partial charge is 0.468 e. The van der Waals surface area contributed by atoms with Gasteiger partial charge in [-0.15, -0.1) is 0 Å². The second-order valence-corrected chi connectivity index (χ2v) is 5.66. The van der Waals surface area contributed by atoms with E-state index >= 15 is 0 Å². The highest BCUT2D eigenvalue weighted by molar-refractivity contribution is 6.03. The second-order valence-electron chi connectivity index (χ2n) is 5.66. The lowest BCUT2D eigenvalue weighted by Crippen LogP contribution is -2.19. The van der Waals surface area contributed by atoms with Crippen LogP contribution in [0.2, 0.25) is 0 Å². The summed E-state index contributed by atoms with van der Waals surface area (Å²) in [6, 6.07) is 12.3. The average molecular weight is 376 g/mol. The van der Waals surface area contributed by atoms with Crippen molar-refractivity contribution < 1.29 is 22.7 Å². The van der Waals surface area contributed by atoms with Crippen molar-refractivity contribution >= 4 is 11.6 Å². The maximum absolute atomic E-state index is 12.2. The van der Waals surface area contributed by atoms with Crippen LogP contribution in [0.4, 0.5) is 18.9 Å². The van der Waals surface area contributed by atoms with Gasteiger partial charge in [-0.2, -0.15) is 18.3 Å². The molecule has 1 N–H and O–H groups in total. The number of amides is 1. The van der Waals surface area contributed by atoms with Crippen LogP contribution in [0.25, 0.3) is 0 Å². The number of rotatable bonds is 6. The Hall–Kier alpha value is -3.36. The van der Waals surface area contributed by atoms with Gasteiger partial charge in [0, 0.05) is 18.5 Å². The van der Waals surface area contributed by atoms with Crippen LogP contribution in [-0.2, 0) is 6.54 Å². The minimum atomic E-state index is -4.45. The third-order valence-corrected chi connectivity index (χ3v) is 3.46. The van der Waals surface area contributed by atoms with Crippen molar-refractivity contribution in [3.63, 3.8) is 0 Å². The Labute approximate surface area is 152 Å². The van der Waals surface area contributed by atoms with Crippen molar-refractivity contribution in [2.75, 3.05) is 11.9 Å². The van der Waals surface area contributed by atoms with Crippen LogP contribution in [0.1, 0.15) is 15.9 Å². The number of halogens is 3. The minimum absolute atomic E-state index is 0.185. The third-order valence-electron chi connectivity index (χ3n) is 3.46. The Morgan fingerprint density at radius 1 is 1.11 bits per heavy atom. The van der Waals surface area contributed by atoms with Crippen LogP contribution in [0.15, 0.2) is 61.1 Å². The average Bonchev–Trinajstić information content (AvgIpc) is 3.07. The van der Waals surface area contributed by atoms with Gasteiger partial charge in [0.15, 0.2) is 6.61 Å². The number of benzene rings is 1. The highest BCUT2D eigenvalue weighted by Crippen LogP contribution is 2.17. The number of carbonyl (C=O) groups is 1. The third kappa shape index (κ3) is 5.56. The lowest BCUT2D eigenvalue weighted by Gasteiger charge is -2.08. The van der Waals surface area contributed by atoms with Crippen LogP contribution in [-0.4, -0.2) is 33.5 Å². The first kappa shape index (κ1) is 18.4. The van der Waals surface area contributed by atoms with Gasteiger partial charge in [0.2, 0.25) is 5.88 Å². The highest BCUT2D eigenvalue weighted by atomic mass is 19.4. The zero-order valence-electron chi connectivity index (χ0n) is 14.0. The number of hydrogen-bond acceptors (Lipinski definition) is 4. The van der Waals surface area contributed by atoms with Crippen molar-refractivity contribution in [1.29, 1.82) is 0 Å². The van der Waals surface area contributed by atoms with Gasteiger partial charge in [0.25, 0.3) is 5.91 Å². The van der Waals surface area contributed by atoms with Gasteiger partial charge in [-0.3, -0.25) is 9.48 Å². The number of aromatic nitrogens is 3. The topological polar surface area (TPSA) is 69.0 Å². The van der Waals surface area contributed by atoms with E-state index in [1.807, 2.05) is 30.3 Å². The second kappa shape index (κ2) is 7.90. The summed E-state index contributed by atoms with van der Waals surface area (Å²) in [5, 5.41) is 6.84. The van der Waals surface area contributed by atoms with Crippen molar-refractivity contribution in [1.82, 2.24) is 14.8 Å². The number of ether oxygens (including phenoxy) is 1. The zero-order chi connectivity index (χ0) is 19.3. The van der Waals surface area contributed by atoms with E-state index in [4.69, 9.17) is 0 Å². The van der Waals surface area contributed by atoms with Crippen molar-refractivity contribution in [3.05, 3.63) is 72.2 Å². The molecule has 0 unspecified atom stereocenters. The van der Waals surface area contributed by atoms with Gasteiger partial charge in [0.1, 0.15) is 0 Å². The van der Waals surface area contributed by atoms with Gasteiger partial charge < -0.3 is 10.1 Å². The summed E-state index contributed by atoms with van der Waals surface area (Å²) in [6.45, 7) is -0.879. The molecule has 0 aliphatic heterocycles. The highest BCUT2D eigenvalue weighted by Gasteiger charge is 2.28. The lowest BCUT2D eigenvalue weighted by atomic mass is 10.2. The predicted octanol–water partition coefficient (Wildman–Crippen LogP) is 3.52. The molecule has 9 heteroatoms. The molecule has 0 saturated heterocycles. The van der Waals surface area contributed by atoms with Crippen LogP contribution in [0.5, 0.6) is 5.88 Å². The van der Waals surface area contributed by atoms with Gasteiger partial charge in [0.05, 0.1) is 24.0 Å². The van der Waals surface area contributed by atoms with E-state index in [2.05, 4.69) is 20.1 Å². The first-order valence-corrected chi connectivity index (χ1v) is 7.92. The fourth-order valence-corrected chi connectivity index (χ4v) is 2.24. The van der Waals surface area contributed by atoms with E-state index in [1.54, 1.807) is 10.9 Å². The van der Waals surface area contributed by atoms with Crippen molar-refractivity contribution in [3.8, 4) is 5.88 Å². The summed E-state index contributed by atoms with van der Waals surface area (Å²) in [5.41, 5.74) is 1.75. The van der Waals surface area contributed by atoms with E-state index in [-0.39, 0.29) is 11.4 Å². The van der Waals surface area contributed by atoms with Gasteiger partial charge in [-0.25, -0.2) is 4.98 Å². The summed E-state index contributed by atoms with van der Waals surface area (Å²) in [6.07, 6.45) is -0.110. The molecule has 0 atom stereocenters. The molecule has 0 radical (unpaired) electrons. The van der Waals surface area contributed by atoms with Gasteiger partial charge in [-0.1, -0.05) is 30.3 Å². The molecule has 2 aromatic heterocycles. The van der Waals surface area contributed by atoms with E-state index in [0.717, 1.165) is 11.8 Å². The zero-order valence-corrected chi connectivity index (χ0v) is 14.0. The molecule has 0 aliphatic carbocycles. The standard InChI is InChI=1S/C18H15F3N4O2/c19-18(20,21)12-27-16-7-6-14(8-22-16)17(26)24-15-9-23-25(11-15)10-13-4-2-1-3-5-13/h1-9,11H,10,12H2,(H,24,26). The van der Waals surface area contributed by atoms with Crippen LogP contribution >= 0.6 is 0 Å². The van der Waals surface area contributed by atoms with Crippen LogP contribution < -0.4 is 10.1 Å². The summed E-state index contributed by atoms with van der Waals surface area (Å²) < 4.78 is 42.5. The molecular formula is C18H15F3N4O2. The molecule has 2 heterocycles. The fraction of sp³-hybridized carbons (Fsp3) is 0.167. The number of carbonyl (C=O) groups excluding carboxylic acids is 1. The summed E-state index contributed by atoms with van der Waals surface area (Å²) >= 11 is 0. The number of hydrogen-bond donors (Lipinski definition) is 1. The monoisotopic (exact) mass is 376 g/mol. The summed E-state index contributed by atoms with van der Waals surface area (Å²) in [4.78, 5) is 15.9. The number of pyridine rings is 1. The molecule has 0 fully saturated rings. The quantitative estimate of drug-likeness (QED) is 0.715. The maximum Gasteiger partial charge on any atom is 0.422 e.